The molecule has 1 N–H and O–H groups in total. The molecule has 0 aliphatic carbocycles. The Hall–Kier alpha value is -3.32. The fourth-order valence-electron chi connectivity index (χ4n) is 4.90. The number of likely N-dealkylation sites (tertiary alicyclic amines) is 1. The fourth-order valence-corrected chi connectivity index (χ4v) is 4.90. The van der Waals surface area contributed by atoms with Crippen molar-refractivity contribution in [2.75, 3.05) is 34.4 Å². The molecule has 0 bridgehead atoms. The van der Waals surface area contributed by atoms with E-state index in [1.54, 1.807) is 27.4 Å². The summed E-state index contributed by atoms with van der Waals surface area (Å²) >= 11 is 0. The molecular weight excluding hydrogens is 418 g/mol. The molecule has 174 valence electrons. The van der Waals surface area contributed by atoms with E-state index in [2.05, 4.69) is 41.1 Å². The van der Waals surface area contributed by atoms with E-state index in [0.717, 1.165) is 47.8 Å². The number of methoxy groups -OCH3 is 3. The zero-order chi connectivity index (χ0) is 23.5. The second-order valence-corrected chi connectivity index (χ2v) is 8.54. The number of ether oxygens (including phenoxy) is 3. The zero-order valence-electron chi connectivity index (χ0n) is 19.8. The predicted octanol–water partition coefficient (Wildman–Crippen LogP) is 3.80. The van der Waals surface area contributed by atoms with Crippen LogP contribution in [0.25, 0.3) is 0 Å². The predicted molar refractivity (Wildman–Crippen MR) is 128 cm³/mol. The van der Waals surface area contributed by atoms with Crippen molar-refractivity contribution in [1.82, 2.24) is 14.9 Å². The Morgan fingerprint density at radius 2 is 1.73 bits per heavy atom. The van der Waals surface area contributed by atoms with Crippen LogP contribution in [0.5, 0.6) is 17.2 Å². The maximum absolute atomic E-state index is 12.2. The lowest BCUT2D eigenvalue weighted by Gasteiger charge is -2.20. The number of aromatic nitrogens is 2. The van der Waals surface area contributed by atoms with Gasteiger partial charge in [0.25, 0.3) is 5.56 Å². The van der Waals surface area contributed by atoms with Gasteiger partial charge in [-0.25, -0.2) is 4.98 Å². The minimum atomic E-state index is -0.123. The minimum absolute atomic E-state index is 0.0694. The van der Waals surface area contributed by atoms with Gasteiger partial charge < -0.3 is 19.2 Å². The van der Waals surface area contributed by atoms with Gasteiger partial charge in [0, 0.05) is 43.1 Å². The van der Waals surface area contributed by atoms with Crippen molar-refractivity contribution >= 4 is 0 Å². The largest absolute Gasteiger partial charge is 0.496 e. The first-order chi connectivity index (χ1) is 15.9. The number of para-hydroxylation sites is 1. The number of hydrogen-bond donors (Lipinski definition) is 1. The van der Waals surface area contributed by atoms with E-state index in [1.807, 2.05) is 19.1 Å². The summed E-state index contributed by atoms with van der Waals surface area (Å²) < 4.78 is 16.7. The monoisotopic (exact) mass is 449 g/mol. The van der Waals surface area contributed by atoms with Crippen LogP contribution >= 0.6 is 0 Å². The Morgan fingerprint density at radius 3 is 2.42 bits per heavy atom. The average molecular weight is 450 g/mol. The number of aromatic amines is 1. The Bertz CT molecular complexity index is 1190. The highest BCUT2D eigenvalue weighted by Crippen LogP contribution is 2.42. The van der Waals surface area contributed by atoms with Crippen molar-refractivity contribution in [3.63, 3.8) is 0 Å². The van der Waals surface area contributed by atoms with Crippen LogP contribution in [0.1, 0.15) is 40.0 Å². The van der Waals surface area contributed by atoms with Crippen LogP contribution in [0.3, 0.4) is 0 Å². The van der Waals surface area contributed by atoms with E-state index in [4.69, 9.17) is 19.2 Å². The number of aryl methyl sites for hydroxylation is 2. The van der Waals surface area contributed by atoms with Gasteiger partial charge in [-0.05, 0) is 37.1 Å². The molecule has 7 heteroatoms. The summed E-state index contributed by atoms with van der Waals surface area (Å²) in [4.78, 5) is 22.1. The summed E-state index contributed by atoms with van der Waals surface area (Å²) in [6.07, 6.45) is 0. The molecule has 0 saturated carbocycles. The molecule has 7 nitrogen and oxygen atoms in total. The summed E-state index contributed by atoms with van der Waals surface area (Å²) in [5.41, 5.74) is 4.10. The first kappa shape index (κ1) is 22.9. The summed E-state index contributed by atoms with van der Waals surface area (Å²) in [5, 5.41) is 0. The molecule has 1 saturated heterocycles. The van der Waals surface area contributed by atoms with Gasteiger partial charge in [0.15, 0.2) is 11.5 Å². The summed E-state index contributed by atoms with van der Waals surface area (Å²) in [6, 6.07) is 13.9. The molecule has 0 spiro atoms. The third-order valence-electron chi connectivity index (χ3n) is 6.38. The van der Waals surface area contributed by atoms with Crippen molar-refractivity contribution in [1.29, 1.82) is 0 Å². The average Bonchev–Trinajstić information content (AvgIpc) is 3.22. The van der Waals surface area contributed by atoms with Crippen molar-refractivity contribution in [3.8, 4) is 17.2 Å². The van der Waals surface area contributed by atoms with Gasteiger partial charge >= 0.3 is 0 Å². The van der Waals surface area contributed by atoms with E-state index in [0.29, 0.717) is 17.3 Å². The molecule has 0 radical (unpaired) electrons. The van der Waals surface area contributed by atoms with Crippen molar-refractivity contribution in [3.05, 3.63) is 81.0 Å². The van der Waals surface area contributed by atoms with E-state index < -0.39 is 0 Å². The Balaban J connectivity index is 1.71. The molecular formula is C26H31N3O4. The summed E-state index contributed by atoms with van der Waals surface area (Å²) in [6.45, 7) is 6.25. The lowest BCUT2D eigenvalue weighted by Crippen LogP contribution is -2.21. The first-order valence-electron chi connectivity index (χ1n) is 11.1. The van der Waals surface area contributed by atoms with Crippen LogP contribution in [0.15, 0.2) is 47.3 Å². The number of nitrogens with one attached hydrogen (secondary N) is 1. The third kappa shape index (κ3) is 4.73. The molecule has 3 aromatic rings. The number of rotatable bonds is 7. The first-order valence-corrected chi connectivity index (χ1v) is 11.1. The second kappa shape index (κ2) is 9.67. The Morgan fingerprint density at radius 1 is 0.970 bits per heavy atom. The lowest BCUT2D eigenvalue weighted by molar-refractivity contribution is 0.313. The van der Waals surface area contributed by atoms with Crippen LogP contribution in [0, 0.1) is 13.8 Å². The summed E-state index contributed by atoms with van der Waals surface area (Å²) in [7, 11) is 5.00. The quantitative estimate of drug-likeness (QED) is 0.591. The second-order valence-electron chi connectivity index (χ2n) is 8.54. The normalized spacial score (nSPS) is 18.3. The standard InChI is InChI=1S/C26H31N3O4/c1-16-7-6-8-19(26(16)33-5)13-29-14-20(18-9-10-23(31-3)24(11-18)32-4)21(15-29)22-12-25(30)28-17(2)27-22/h6-12,20-21H,13-15H2,1-5H3,(H,27,28,30)/t20-,21+/m0/s1. The van der Waals surface area contributed by atoms with Crippen molar-refractivity contribution in [2.24, 2.45) is 0 Å². The van der Waals surface area contributed by atoms with E-state index in [-0.39, 0.29) is 17.4 Å². The highest BCUT2D eigenvalue weighted by atomic mass is 16.5. The SMILES string of the molecule is COc1ccc([C@@H]2CN(Cc3cccc(C)c3OC)C[C@H]2c2cc(=O)[nH]c(C)n2)cc1OC. The topological polar surface area (TPSA) is 76.7 Å². The molecule has 1 aromatic heterocycles. The molecule has 2 aromatic carbocycles. The fraction of sp³-hybridized carbons (Fsp3) is 0.385. The maximum Gasteiger partial charge on any atom is 0.251 e. The third-order valence-corrected chi connectivity index (χ3v) is 6.38. The van der Waals surface area contributed by atoms with Crippen LogP contribution in [-0.4, -0.2) is 49.3 Å². The molecule has 1 aliphatic rings. The molecule has 0 unspecified atom stereocenters. The molecule has 2 atom stereocenters. The zero-order valence-corrected chi connectivity index (χ0v) is 19.8. The highest BCUT2D eigenvalue weighted by Gasteiger charge is 2.36. The van der Waals surface area contributed by atoms with Crippen molar-refractivity contribution < 1.29 is 14.2 Å². The van der Waals surface area contributed by atoms with Gasteiger partial charge in [0.05, 0.1) is 27.0 Å². The van der Waals surface area contributed by atoms with E-state index in [1.165, 1.54) is 0 Å². The van der Waals surface area contributed by atoms with Crippen LogP contribution in [-0.2, 0) is 6.54 Å². The van der Waals surface area contributed by atoms with Gasteiger partial charge in [-0.15, -0.1) is 0 Å². The van der Waals surface area contributed by atoms with E-state index >= 15 is 0 Å². The molecule has 0 amide bonds. The smallest absolute Gasteiger partial charge is 0.251 e. The summed E-state index contributed by atoms with van der Waals surface area (Å²) in [5.74, 6) is 3.16. The van der Waals surface area contributed by atoms with E-state index in [9.17, 15) is 4.79 Å². The molecule has 4 rings (SSSR count). The van der Waals surface area contributed by atoms with Gasteiger partial charge in [-0.1, -0.05) is 24.3 Å². The molecule has 33 heavy (non-hydrogen) atoms. The van der Waals surface area contributed by atoms with Gasteiger partial charge in [0.2, 0.25) is 0 Å². The number of hydrogen-bond acceptors (Lipinski definition) is 6. The molecule has 1 fully saturated rings. The van der Waals surface area contributed by atoms with Gasteiger partial charge in [-0.2, -0.15) is 0 Å². The number of H-pyrrole nitrogens is 1. The van der Waals surface area contributed by atoms with Gasteiger partial charge in [0.1, 0.15) is 11.6 Å². The highest BCUT2D eigenvalue weighted by molar-refractivity contribution is 5.45. The van der Waals surface area contributed by atoms with Gasteiger partial charge in [-0.3, -0.25) is 9.69 Å². The number of benzene rings is 2. The van der Waals surface area contributed by atoms with Crippen LogP contribution in [0.2, 0.25) is 0 Å². The number of nitrogens with zero attached hydrogens (tertiary/aromatic N) is 2. The molecule has 1 aliphatic heterocycles. The van der Waals surface area contributed by atoms with Crippen molar-refractivity contribution in [2.45, 2.75) is 32.2 Å². The van der Waals surface area contributed by atoms with Crippen LogP contribution < -0.4 is 19.8 Å². The minimum Gasteiger partial charge on any atom is -0.496 e. The molecule has 2 heterocycles. The lowest BCUT2D eigenvalue weighted by atomic mass is 9.86. The maximum atomic E-state index is 12.2. The van der Waals surface area contributed by atoms with Crippen LogP contribution in [0.4, 0.5) is 0 Å². The Labute approximate surface area is 194 Å². The Kier molecular flexibility index (Phi) is 6.70.